The minimum absolute atomic E-state index is 0.104. The molecule has 3 aromatic rings. The number of nitriles is 2. The first-order valence-electron chi connectivity index (χ1n) is 13.5. The van der Waals surface area contributed by atoms with Gasteiger partial charge in [0.25, 0.3) is 0 Å². The van der Waals surface area contributed by atoms with Crippen molar-refractivity contribution in [3.05, 3.63) is 59.7 Å². The van der Waals surface area contributed by atoms with Gasteiger partial charge in [-0.25, -0.2) is 4.98 Å². The van der Waals surface area contributed by atoms with Gasteiger partial charge in [-0.15, -0.1) is 0 Å². The highest BCUT2D eigenvalue weighted by atomic mass is 16.5. The maximum absolute atomic E-state index is 9.63. The van der Waals surface area contributed by atoms with E-state index in [1.165, 1.54) is 19.0 Å². The average Bonchev–Trinajstić information content (AvgIpc) is 3.74. The van der Waals surface area contributed by atoms with Gasteiger partial charge in [-0.2, -0.15) is 15.6 Å². The third kappa shape index (κ3) is 6.01. The van der Waals surface area contributed by atoms with Crippen LogP contribution in [-0.2, 0) is 0 Å². The molecule has 0 aromatic carbocycles. The van der Waals surface area contributed by atoms with Crippen LogP contribution in [0.15, 0.2) is 52.8 Å². The molecule has 2 fully saturated rings. The summed E-state index contributed by atoms with van der Waals surface area (Å²) in [6.07, 6.45) is 9.25. The molecule has 1 saturated carbocycles. The van der Waals surface area contributed by atoms with Crippen LogP contribution < -0.4 is 10.6 Å². The molecule has 3 unspecified atom stereocenters. The number of likely N-dealkylation sites (tertiary alicyclic amines) is 1. The Labute approximate surface area is 229 Å². The van der Waals surface area contributed by atoms with E-state index in [-0.39, 0.29) is 18.2 Å². The van der Waals surface area contributed by atoms with Crippen molar-refractivity contribution in [1.82, 2.24) is 19.3 Å². The lowest BCUT2D eigenvalue weighted by molar-refractivity contribution is 0.185. The van der Waals surface area contributed by atoms with Gasteiger partial charge in [-0.1, -0.05) is 19.9 Å². The van der Waals surface area contributed by atoms with Crippen molar-refractivity contribution in [2.45, 2.75) is 71.6 Å². The van der Waals surface area contributed by atoms with Crippen LogP contribution in [0.3, 0.4) is 0 Å². The number of aliphatic imine (C=N–C) groups is 1. The van der Waals surface area contributed by atoms with E-state index in [1.807, 2.05) is 62.9 Å². The van der Waals surface area contributed by atoms with Crippen LogP contribution in [0, 0.1) is 28.7 Å². The second kappa shape index (κ2) is 12.4. The second-order valence-electron chi connectivity index (χ2n) is 9.61. The Bertz CT molecular complexity index is 1430. The molecule has 0 amide bonds. The van der Waals surface area contributed by atoms with Gasteiger partial charge in [-0.3, -0.25) is 14.4 Å². The zero-order valence-electron chi connectivity index (χ0n) is 22.9. The Kier molecular flexibility index (Phi) is 8.77. The van der Waals surface area contributed by atoms with E-state index in [4.69, 9.17) is 15.6 Å². The molecule has 10 heteroatoms. The van der Waals surface area contributed by atoms with Crippen LogP contribution in [-0.4, -0.2) is 49.3 Å². The topological polar surface area (TPSA) is 141 Å². The van der Waals surface area contributed by atoms with E-state index in [1.54, 1.807) is 10.6 Å². The quantitative estimate of drug-likeness (QED) is 0.205. The predicted octanol–water partition coefficient (Wildman–Crippen LogP) is 4.61. The lowest BCUT2D eigenvalue weighted by Gasteiger charge is -2.35. The molecule has 3 atom stereocenters. The van der Waals surface area contributed by atoms with Gasteiger partial charge in [0, 0.05) is 30.4 Å². The number of piperidine rings is 1. The highest BCUT2D eigenvalue weighted by Crippen LogP contribution is 2.39. The van der Waals surface area contributed by atoms with Gasteiger partial charge in [0.2, 0.25) is 5.88 Å². The molecule has 1 aliphatic carbocycles. The molecule has 1 saturated heterocycles. The molecular formula is C29H35N9O. The number of imidazole rings is 1. The largest absolute Gasteiger partial charge is 0.469 e. The minimum Gasteiger partial charge on any atom is -0.469 e. The molecule has 2 N–H and O–H groups in total. The van der Waals surface area contributed by atoms with Crippen LogP contribution in [0.1, 0.15) is 76.4 Å². The number of ether oxygens (including phenoxy) is 1. The van der Waals surface area contributed by atoms with E-state index in [0.29, 0.717) is 46.7 Å². The zero-order chi connectivity index (χ0) is 27.9. The Balaban J connectivity index is 0.00000172. The van der Waals surface area contributed by atoms with Crippen molar-refractivity contribution in [2.24, 2.45) is 21.9 Å². The third-order valence-corrected chi connectivity index (χ3v) is 7.12. The Morgan fingerprint density at radius 2 is 1.97 bits per heavy atom. The normalized spacial score (nSPS) is 20.4. The summed E-state index contributed by atoms with van der Waals surface area (Å²) >= 11 is 0. The number of nitrogens with two attached hydrogens (primary N) is 1. The smallest absolute Gasteiger partial charge is 0.201 e. The molecule has 2 aliphatic rings. The molecule has 39 heavy (non-hydrogen) atoms. The van der Waals surface area contributed by atoms with Gasteiger partial charge in [-0.05, 0) is 63.6 Å². The molecule has 0 spiro atoms. The number of hydrogen-bond acceptors (Lipinski definition) is 9. The highest BCUT2D eigenvalue weighted by Gasteiger charge is 2.39. The van der Waals surface area contributed by atoms with Crippen molar-refractivity contribution in [2.75, 3.05) is 6.54 Å². The molecule has 5 rings (SSSR count). The summed E-state index contributed by atoms with van der Waals surface area (Å²) in [6.45, 7) is 8.52. The molecular weight excluding hydrogens is 490 g/mol. The number of hydrazone groups is 1. The second-order valence-corrected chi connectivity index (χ2v) is 9.61. The van der Waals surface area contributed by atoms with Gasteiger partial charge in [0.05, 0.1) is 23.6 Å². The van der Waals surface area contributed by atoms with Gasteiger partial charge < -0.3 is 15.5 Å². The van der Waals surface area contributed by atoms with E-state index >= 15 is 0 Å². The van der Waals surface area contributed by atoms with Crippen LogP contribution >= 0.6 is 0 Å². The number of pyridine rings is 2. The van der Waals surface area contributed by atoms with E-state index in [0.717, 1.165) is 18.5 Å². The summed E-state index contributed by atoms with van der Waals surface area (Å²) in [5.74, 6) is 6.91. The fourth-order valence-electron chi connectivity index (χ4n) is 5.10. The maximum atomic E-state index is 9.63. The summed E-state index contributed by atoms with van der Waals surface area (Å²) in [4.78, 5) is 15.7. The average molecular weight is 526 g/mol. The first-order valence-corrected chi connectivity index (χ1v) is 13.5. The Hall–Kier alpha value is -4.44. The number of fused-ring (bicyclic) bond motifs is 1. The number of nitrogens with zero attached hydrogens (tertiary/aromatic N) is 8. The molecule has 3 aromatic heterocycles. The number of hydrogen-bond donors (Lipinski definition) is 1. The standard InChI is InChI=1S/C27H29N9O.C2H6/c1-17(33-21-8-10-35(16-29)24(13-21)19-6-7-19)27(34-30)20-11-25-32-15-22(14-28)36(25)26(12-20)37-18(2)23-5-3-4-9-31-23;1-2/h3-5,9,11-12,15,18-19,21,24H,6-8,10,13,30H2,1-2H3;1-2H3/b33-17?,34-27+;. The molecule has 0 bridgehead atoms. The van der Waals surface area contributed by atoms with Crippen molar-refractivity contribution in [1.29, 1.82) is 10.5 Å². The summed E-state index contributed by atoms with van der Waals surface area (Å²) in [6, 6.07) is 11.8. The Morgan fingerprint density at radius 3 is 2.62 bits per heavy atom. The SMILES string of the molecule is CC.CC(=NC1CCN(C#N)C(C2CC2)C1)/C(=N\N)c1cc(OC(C)c2ccccn2)n2c(C#N)cnc2c1. The summed E-state index contributed by atoms with van der Waals surface area (Å²) in [5.41, 5.74) is 3.61. The molecule has 0 radical (unpaired) electrons. The lowest BCUT2D eigenvalue weighted by atomic mass is 9.94. The highest BCUT2D eigenvalue weighted by molar-refractivity contribution is 6.47. The molecule has 1 aliphatic heterocycles. The van der Waals surface area contributed by atoms with Crippen LogP contribution in [0.4, 0.5) is 0 Å². The monoisotopic (exact) mass is 525 g/mol. The zero-order valence-corrected chi connectivity index (χ0v) is 22.9. The third-order valence-electron chi connectivity index (χ3n) is 7.12. The predicted molar refractivity (Wildman–Crippen MR) is 150 cm³/mol. The molecule has 202 valence electrons. The first-order chi connectivity index (χ1) is 19.0. The van der Waals surface area contributed by atoms with Crippen molar-refractivity contribution in [3.63, 3.8) is 0 Å². The Morgan fingerprint density at radius 1 is 1.18 bits per heavy atom. The summed E-state index contributed by atoms with van der Waals surface area (Å²) in [7, 11) is 0. The molecule has 10 nitrogen and oxygen atoms in total. The van der Waals surface area contributed by atoms with E-state index < -0.39 is 0 Å². The van der Waals surface area contributed by atoms with Gasteiger partial charge in [0.15, 0.2) is 6.19 Å². The van der Waals surface area contributed by atoms with Crippen LogP contribution in [0.2, 0.25) is 0 Å². The fraction of sp³-hybridized carbons (Fsp3) is 0.448. The maximum Gasteiger partial charge on any atom is 0.201 e. The van der Waals surface area contributed by atoms with Crippen LogP contribution in [0.25, 0.3) is 5.65 Å². The van der Waals surface area contributed by atoms with Crippen molar-refractivity contribution < 1.29 is 4.74 Å². The van der Waals surface area contributed by atoms with E-state index in [2.05, 4.69) is 27.3 Å². The van der Waals surface area contributed by atoms with Crippen LogP contribution in [0.5, 0.6) is 5.88 Å². The summed E-state index contributed by atoms with van der Waals surface area (Å²) in [5, 5.41) is 23.2. The van der Waals surface area contributed by atoms with Gasteiger partial charge in [0.1, 0.15) is 29.2 Å². The lowest BCUT2D eigenvalue weighted by Crippen LogP contribution is -2.42. The molecule has 4 heterocycles. The van der Waals surface area contributed by atoms with Crippen molar-refractivity contribution >= 4 is 17.1 Å². The minimum atomic E-state index is -0.369. The summed E-state index contributed by atoms with van der Waals surface area (Å²) < 4.78 is 7.96. The van der Waals surface area contributed by atoms with Gasteiger partial charge >= 0.3 is 0 Å². The van der Waals surface area contributed by atoms with Crippen molar-refractivity contribution in [3.8, 4) is 18.1 Å². The van der Waals surface area contributed by atoms with E-state index in [9.17, 15) is 10.5 Å². The number of rotatable bonds is 7. The number of aromatic nitrogens is 3. The fourth-order valence-corrected chi connectivity index (χ4v) is 5.10. The first kappa shape index (κ1) is 27.6.